The number of aliphatic hydroxyl groups excluding tert-OH is 1. The molecule has 0 aliphatic heterocycles. The van der Waals surface area contributed by atoms with Crippen LogP contribution in [-0.2, 0) is 6.42 Å². The van der Waals surface area contributed by atoms with Crippen LogP contribution in [0.2, 0.25) is 5.02 Å². The highest BCUT2D eigenvalue weighted by molar-refractivity contribution is 6.30. The number of aliphatic hydroxyl groups is 1. The predicted molar refractivity (Wildman–Crippen MR) is 76.9 cm³/mol. The molecule has 1 nitrogen and oxygen atoms in total. The van der Waals surface area contributed by atoms with Crippen LogP contribution in [0.4, 0.5) is 4.39 Å². The van der Waals surface area contributed by atoms with Crippen molar-refractivity contribution >= 4 is 11.6 Å². The molecule has 19 heavy (non-hydrogen) atoms. The van der Waals surface area contributed by atoms with E-state index in [-0.39, 0.29) is 11.1 Å². The van der Waals surface area contributed by atoms with Gasteiger partial charge in [-0.1, -0.05) is 31.5 Å². The van der Waals surface area contributed by atoms with Gasteiger partial charge in [0.05, 0.1) is 11.1 Å². The molecule has 1 aromatic rings. The summed E-state index contributed by atoms with van der Waals surface area (Å²) in [4.78, 5) is 0. The van der Waals surface area contributed by atoms with E-state index in [0.29, 0.717) is 17.8 Å². The van der Waals surface area contributed by atoms with Crippen molar-refractivity contribution in [1.82, 2.24) is 0 Å². The van der Waals surface area contributed by atoms with E-state index in [9.17, 15) is 9.50 Å². The largest absolute Gasteiger partial charge is 0.392 e. The molecule has 0 saturated heterocycles. The first-order chi connectivity index (χ1) is 8.87. The molecule has 0 bridgehead atoms. The normalized spacial score (nSPS) is 21.3. The average Bonchev–Trinajstić information content (AvgIpc) is 2.33. The minimum Gasteiger partial charge on any atom is -0.392 e. The second-order valence-electron chi connectivity index (χ2n) is 6.52. The molecule has 1 fully saturated rings. The van der Waals surface area contributed by atoms with Gasteiger partial charge in [0.1, 0.15) is 5.82 Å². The molecule has 106 valence electrons. The SMILES string of the molecule is CC1(C)CCC(C(O)Cc2ccc(F)c(Cl)c2)CC1. The van der Waals surface area contributed by atoms with E-state index in [1.807, 2.05) is 0 Å². The Kier molecular flexibility index (Phi) is 4.52. The van der Waals surface area contributed by atoms with Crippen molar-refractivity contribution in [3.05, 3.63) is 34.6 Å². The Morgan fingerprint density at radius 1 is 1.37 bits per heavy atom. The van der Waals surface area contributed by atoms with Gasteiger partial charge in [0, 0.05) is 0 Å². The molecule has 1 aliphatic carbocycles. The fraction of sp³-hybridized carbons (Fsp3) is 0.625. The van der Waals surface area contributed by atoms with Crippen molar-refractivity contribution < 1.29 is 9.50 Å². The minimum absolute atomic E-state index is 0.134. The minimum atomic E-state index is -0.403. The maximum atomic E-state index is 13.1. The van der Waals surface area contributed by atoms with Crippen molar-refractivity contribution in [2.24, 2.45) is 11.3 Å². The van der Waals surface area contributed by atoms with Crippen molar-refractivity contribution in [3.8, 4) is 0 Å². The summed E-state index contributed by atoms with van der Waals surface area (Å²) in [5.74, 6) is -0.0452. The predicted octanol–water partition coefficient (Wildman–Crippen LogP) is 4.60. The quantitative estimate of drug-likeness (QED) is 0.860. The maximum absolute atomic E-state index is 13.1. The number of hydrogen-bond donors (Lipinski definition) is 1. The molecule has 1 N–H and O–H groups in total. The molecule has 3 heteroatoms. The van der Waals surface area contributed by atoms with Gasteiger partial charge in [-0.25, -0.2) is 4.39 Å². The zero-order valence-electron chi connectivity index (χ0n) is 11.6. The Bertz CT molecular complexity index is 434. The highest BCUT2D eigenvalue weighted by Crippen LogP contribution is 2.39. The molecule has 2 rings (SSSR count). The highest BCUT2D eigenvalue weighted by atomic mass is 35.5. The van der Waals surface area contributed by atoms with Gasteiger partial charge in [-0.3, -0.25) is 0 Å². The third kappa shape index (κ3) is 3.93. The standard InChI is InChI=1S/C16H22ClFO/c1-16(2)7-5-12(6-8-16)15(19)10-11-3-4-14(18)13(17)9-11/h3-4,9,12,15,19H,5-8,10H2,1-2H3. The monoisotopic (exact) mass is 284 g/mol. The van der Waals surface area contributed by atoms with Crippen molar-refractivity contribution in [1.29, 1.82) is 0 Å². The fourth-order valence-electron chi connectivity index (χ4n) is 2.88. The van der Waals surface area contributed by atoms with Gasteiger partial charge < -0.3 is 5.11 Å². The van der Waals surface area contributed by atoms with E-state index in [1.165, 1.54) is 18.9 Å². The van der Waals surface area contributed by atoms with Gasteiger partial charge in [0.2, 0.25) is 0 Å². The number of hydrogen-bond acceptors (Lipinski definition) is 1. The van der Waals surface area contributed by atoms with Gasteiger partial charge in [0.15, 0.2) is 0 Å². The first-order valence-electron chi connectivity index (χ1n) is 6.99. The molecule has 1 aromatic carbocycles. The third-order valence-corrected chi connectivity index (χ3v) is 4.65. The molecular weight excluding hydrogens is 263 g/mol. The van der Waals surface area contributed by atoms with E-state index in [0.717, 1.165) is 18.4 Å². The zero-order chi connectivity index (χ0) is 14.0. The summed E-state index contributed by atoms with van der Waals surface area (Å²) in [6.45, 7) is 4.57. The van der Waals surface area contributed by atoms with Crippen LogP contribution in [0.25, 0.3) is 0 Å². The second-order valence-corrected chi connectivity index (χ2v) is 6.93. The van der Waals surface area contributed by atoms with E-state index in [4.69, 9.17) is 11.6 Å². The van der Waals surface area contributed by atoms with Gasteiger partial charge in [0.25, 0.3) is 0 Å². The lowest BCUT2D eigenvalue weighted by atomic mass is 9.71. The summed E-state index contributed by atoms with van der Waals surface area (Å²) < 4.78 is 13.1. The molecular formula is C16H22ClFO. The fourth-order valence-corrected chi connectivity index (χ4v) is 3.08. The Morgan fingerprint density at radius 3 is 2.58 bits per heavy atom. The van der Waals surface area contributed by atoms with Crippen LogP contribution in [0.3, 0.4) is 0 Å². The van der Waals surface area contributed by atoms with Crippen molar-refractivity contribution in [3.63, 3.8) is 0 Å². The maximum Gasteiger partial charge on any atom is 0.141 e. The van der Waals surface area contributed by atoms with Gasteiger partial charge >= 0.3 is 0 Å². The van der Waals surface area contributed by atoms with Gasteiger partial charge in [-0.05, 0) is 61.1 Å². The van der Waals surface area contributed by atoms with Gasteiger partial charge in [-0.15, -0.1) is 0 Å². The molecule has 0 heterocycles. The topological polar surface area (TPSA) is 20.2 Å². The molecule has 0 aromatic heterocycles. The van der Waals surface area contributed by atoms with Crippen LogP contribution in [0, 0.1) is 17.2 Å². The second kappa shape index (κ2) is 5.80. The number of benzene rings is 1. The lowest BCUT2D eigenvalue weighted by molar-refractivity contribution is 0.0576. The Hall–Kier alpha value is -0.600. The molecule has 1 atom stereocenters. The summed E-state index contributed by atoms with van der Waals surface area (Å²) >= 11 is 5.76. The van der Waals surface area contributed by atoms with Crippen LogP contribution in [0.15, 0.2) is 18.2 Å². The first-order valence-corrected chi connectivity index (χ1v) is 7.37. The van der Waals surface area contributed by atoms with E-state index < -0.39 is 5.82 Å². The van der Waals surface area contributed by atoms with Crippen LogP contribution in [-0.4, -0.2) is 11.2 Å². The molecule has 0 amide bonds. The van der Waals surface area contributed by atoms with Crippen LogP contribution in [0.1, 0.15) is 45.1 Å². The van der Waals surface area contributed by atoms with E-state index in [1.54, 1.807) is 12.1 Å². The van der Waals surface area contributed by atoms with Gasteiger partial charge in [-0.2, -0.15) is 0 Å². The zero-order valence-corrected chi connectivity index (χ0v) is 12.4. The lowest BCUT2D eigenvalue weighted by Crippen LogP contribution is -2.30. The molecule has 0 spiro atoms. The summed E-state index contributed by atoms with van der Waals surface area (Å²) in [5.41, 5.74) is 1.32. The Labute approximate surface area is 119 Å². The third-order valence-electron chi connectivity index (χ3n) is 4.36. The average molecular weight is 285 g/mol. The smallest absolute Gasteiger partial charge is 0.141 e. The molecule has 0 radical (unpaired) electrons. The van der Waals surface area contributed by atoms with E-state index >= 15 is 0 Å². The number of rotatable bonds is 3. The van der Waals surface area contributed by atoms with E-state index in [2.05, 4.69) is 13.8 Å². The Balaban J connectivity index is 1.94. The molecule has 1 aliphatic rings. The first kappa shape index (κ1) is 14.8. The lowest BCUT2D eigenvalue weighted by Gasteiger charge is -2.36. The molecule has 1 saturated carbocycles. The summed E-state index contributed by atoms with van der Waals surface area (Å²) in [5, 5.41) is 10.5. The Morgan fingerprint density at radius 2 is 2.00 bits per heavy atom. The van der Waals surface area contributed by atoms with Crippen LogP contribution < -0.4 is 0 Å². The summed E-state index contributed by atoms with van der Waals surface area (Å²) in [6, 6.07) is 4.69. The molecule has 1 unspecified atom stereocenters. The van der Waals surface area contributed by atoms with Crippen molar-refractivity contribution in [2.45, 2.75) is 52.1 Å². The number of halogens is 2. The summed E-state index contributed by atoms with van der Waals surface area (Å²) in [6.07, 6.45) is 4.69. The van der Waals surface area contributed by atoms with Crippen LogP contribution >= 0.6 is 11.6 Å². The van der Waals surface area contributed by atoms with Crippen molar-refractivity contribution in [2.75, 3.05) is 0 Å². The van der Waals surface area contributed by atoms with Crippen LogP contribution in [0.5, 0.6) is 0 Å². The summed E-state index contributed by atoms with van der Waals surface area (Å²) in [7, 11) is 0. The highest BCUT2D eigenvalue weighted by Gasteiger charge is 2.30.